The molecule has 0 spiro atoms. The number of nitrogens with zero attached hydrogens (tertiary/aromatic N) is 5. The van der Waals surface area contributed by atoms with Crippen LogP contribution < -0.4 is 9.72 Å². The predicted octanol–water partition coefficient (Wildman–Crippen LogP) is 4.39. The smallest absolute Gasteiger partial charge is 0.280 e. The van der Waals surface area contributed by atoms with Gasteiger partial charge in [-0.3, -0.25) is 14.8 Å². The maximum absolute atomic E-state index is 12.3. The van der Waals surface area contributed by atoms with Crippen LogP contribution in [0.15, 0.2) is 104 Å². The molecule has 0 aliphatic carbocycles. The van der Waals surface area contributed by atoms with Crippen LogP contribution in [0.25, 0.3) is 33.4 Å². The van der Waals surface area contributed by atoms with Gasteiger partial charge in [-0.2, -0.15) is 0 Å². The number of benzene rings is 2. The summed E-state index contributed by atoms with van der Waals surface area (Å²) in [6, 6.07) is 26.3. The molecule has 0 aliphatic rings. The summed E-state index contributed by atoms with van der Waals surface area (Å²) < 4.78 is 4.05. The van der Waals surface area contributed by atoms with Crippen LogP contribution in [-0.4, -0.2) is 25.7 Å². The van der Waals surface area contributed by atoms with Crippen LogP contribution >= 0.6 is 0 Å². The molecule has 0 unspecified atom stereocenters. The van der Waals surface area contributed by atoms with Crippen molar-refractivity contribution >= 4 is 22.5 Å². The molecule has 0 radical (unpaired) electrons. The first-order valence-electron chi connectivity index (χ1n) is 12.2. The molecule has 6 rings (SSSR count). The van der Waals surface area contributed by atoms with Crippen molar-refractivity contribution in [2.24, 2.45) is 0 Å². The van der Waals surface area contributed by atoms with Crippen molar-refractivity contribution < 1.29 is 9.20 Å². The number of pyridine rings is 3. The van der Waals surface area contributed by atoms with Crippen LogP contribution in [0.4, 0.5) is 0 Å². The van der Waals surface area contributed by atoms with Crippen LogP contribution in [0, 0.1) is 6.92 Å². The van der Waals surface area contributed by atoms with E-state index in [1.54, 1.807) is 12.4 Å². The van der Waals surface area contributed by atoms with Gasteiger partial charge in [-0.15, -0.1) is 0 Å². The molecule has 0 saturated carbocycles. The first kappa shape index (κ1) is 22.5. The van der Waals surface area contributed by atoms with Crippen molar-refractivity contribution in [1.82, 2.24) is 25.1 Å². The zero-order valence-electron chi connectivity index (χ0n) is 20.4. The number of carbonyl (C=O) groups is 1. The van der Waals surface area contributed by atoms with E-state index >= 15 is 0 Å². The van der Waals surface area contributed by atoms with E-state index in [9.17, 15) is 4.79 Å². The second-order valence-electron chi connectivity index (χ2n) is 8.97. The zero-order valence-corrected chi connectivity index (χ0v) is 20.4. The van der Waals surface area contributed by atoms with Crippen LogP contribution in [0.1, 0.15) is 17.0 Å². The average Bonchev–Trinajstić information content (AvgIpc) is 3.29. The molecule has 0 bridgehead atoms. The molecule has 1 N–H and O–H groups in total. The van der Waals surface area contributed by atoms with Crippen LogP contribution in [-0.2, 0) is 17.8 Å². The Morgan fingerprint density at radius 2 is 1.76 bits per heavy atom. The number of nitrogens with one attached hydrogen (secondary N) is 1. The first-order valence-corrected chi connectivity index (χ1v) is 12.2. The highest BCUT2D eigenvalue weighted by atomic mass is 16.1. The number of hydrogen-bond acceptors (Lipinski definition) is 4. The van der Waals surface area contributed by atoms with E-state index in [1.807, 2.05) is 84.7 Å². The predicted molar refractivity (Wildman–Crippen MR) is 142 cm³/mol. The van der Waals surface area contributed by atoms with Crippen LogP contribution in [0.2, 0.25) is 0 Å². The molecule has 2 aromatic carbocycles. The fraction of sp³-hybridized carbons (Fsp3) is 0.100. The zero-order chi connectivity index (χ0) is 25.2. The third kappa shape index (κ3) is 4.54. The largest absolute Gasteiger partial charge is 0.352 e. The molecule has 6 aromatic rings. The van der Waals surface area contributed by atoms with Gasteiger partial charge in [0.1, 0.15) is 5.69 Å². The van der Waals surface area contributed by atoms with Gasteiger partial charge in [0.25, 0.3) is 11.5 Å². The number of aryl methyl sites for hydroxylation is 1. The topological polar surface area (TPSA) is 76.8 Å². The molecule has 4 heterocycles. The molecule has 7 nitrogen and oxygen atoms in total. The number of fused-ring (bicyclic) bond motifs is 3. The quantitative estimate of drug-likeness (QED) is 0.355. The SMILES string of the molecule is Cc1nn(-c2ccc(CNC(=O)Cc3cccnc3)cc2)c2c3cc(-c4ccccc4)cnc3cc[n+]12. The van der Waals surface area contributed by atoms with Crippen molar-refractivity contribution in [3.63, 3.8) is 0 Å². The van der Waals surface area contributed by atoms with Crippen molar-refractivity contribution in [2.75, 3.05) is 0 Å². The highest BCUT2D eigenvalue weighted by Gasteiger charge is 2.22. The molecular formula is C30H25N6O+. The minimum Gasteiger partial charge on any atom is -0.352 e. The fourth-order valence-electron chi connectivity index (χ4n) is 4.53. The van der Waals surface area contributed by atoms with Gasteiger partial charge in [0.05, 0.1) is 23.5 Å². The summed E-state index contributed by atoms with van der Waals surface area (Å²) in [4.78, 5) is 21.1. The lowest BCUT2D eigenvalue weighted by Gasteiger charge is -2.06. The van der Waals surface area contributed by atoms with Gasteiger partial charge < -0.3 is 5.32 Å². The molecule has 0 aliphatic heterocycles. The molecule has 0 atom stereocenters. The highest BCUT2D eigenvalue weighted by Crippen LogP contribution is 2.25. The second kappa shape index (κ2) is 9.62. The van der Waals surface area contributed by atoms with Gasteiger partial charge in [0, 0.05) is 42.7 Å². The molecule has 0 fully saturated rings. The summed E-state index contributed by atoms with van der Waals surface area (Å²) in [7, 11) is 0. The lowest BCUT2D eigenvalue weighted by Crippen LogP contribution is -2.24. The number of hydrogen-bond donors (Lipinski definition) is 1. The van der Waals surface area contributed by atoms with Crippen LogP contribution in [0.5, 0.6) is 0 Å². The number of aromatic nitrogens is 5. The van der Waals surface area contributed by atoms with Gasteiger partial charge >= 0.3 is 0 Å². The summed E-state index contributed by atoms with van der Waals surface area (Å²) in [6.45, 7) is 2.45. The molecule has 37 heavy (non-hydrogen) atoms. The maximum atomic E-state index is 12.3. The molecule has 0 saturated heterocycles. The van der Waals surface area contributed by atoms with E-state index in [4.69, 9.17) is 10.1 Å². The number of amides is 1. The van der Waals surface area contributed by atoms with Gasteiger partial charge in [0.15, 0.2) is 0 Å². The standard InChI is InChI=1S/C30H24N6O/c1-21-34-36(26-11-9-22(10-12-26)19-33-29(37)16-23-6-5-14-31-18-23)30-27-17-25(24-7-3-2-4-8-24)20-32-28(27)13-15-35(21)30/h2-15,17-18,20H,16,19H2,1H3/p+1. The minimum atomic E-state index is -0.0321. The van der Waals surface area contributed by atoms with E-state index in [-0.39, 0.29) is 5.91 Å². The van der Waals surface area contributed by atoms with Gasteiger partial charge in [0.2, 0.25) is 5.91 Å². The average molecular weight is 486 g/mol. The molecular weight excluding hydrogens is 460 g/mol. The lowest BCUT2D eigenvalue weighted by atomic mass is 10.1. The highest BCUT2D eigenvalue weighted by molar-refractivity contribution is 5.92. The monoisotopic (exact) mass is 485 g/mol. The molecule has 7 heteroatoms. The maximum Gasteiger partial charge on any atom is 0.280 e. The normalized spacial score (nSPS) is 11.2. The van der Waals surface area contributed by atoms with Crippen molar-refractivity contribution in [3.8, 4) is 16.8 Å². The first-order chi connectivity index (χ1) is 18.2. The Kier molecular flexibility index (Phi) is 5.86. The summed E-state index contributed by atoms with van der Waals surface area (Å²) in [6.07, 6.45) is 7.66. The Morgan fingerprint density at radius 1 is 0.919 bits per heavy atom. The molecule has 1 amide bonds. The lowest BCUT2D eigenvalue weighted by molar-refractivity contribution is -0.519. The van der Waals surface area contributed by atoms with E-state index < -0.39 is 0 Å². The van der Waals surface area contributed by atoms with E-state index in [1.165, 1.54) is 0 Å². The van der Waals surface area contributed by atoms with E-state index in [0.717, 1.165) is 50.3 Å². The summed E-state index contributed by atoms with van der Waals surface area (Å²) in [5.41, 5.74) is 6.90. The number of carbonyl (C=O) groups excluding carboxylic acids is 1. The molecule has 4 aromatic heterocycles. The molecule has 180 valence electrons. The van der Waals surface area contributed by atoms with Gasteiger partial charge in [-0.1, -0.05) is 53.2 Å². The summed E-state index contributed by atoms with van der Waals surface area (Å²) >= 11 is 0. The van der Waals surface area contributed by atoms with Crippen LogP contribution in [0.3, 0.4) is 0 Å². The Morgan fingerprint density at radius 3 is 2.54 bits per heavy atom. The Hall–Kier alpha value is -4.91. The van der Waals surface area contributed by atoms with Crippen molar-refractivity contribution in [3.05, 3.63) is 121 Å². The Balaban J connectivity index is 1.30. The minimum absolute atomic E-state index is 0.0321. The number of rotatable bonds is 6. The Labute approximate surface area is 214 Å². The van der Waals surface area contributed by atoms with E-state index in [2.05, 4.69) is 32.9 Å². The summed E-state index contributed by atoms with van der Waals surface area (Å²) in [5, 5.41) is 8.85. The summed E-state index contributed by atoms with van der Waals surface area (Å²) in [5.74, 6) is 0.851. The third-order valence-electron chi connectivity index (χ3n) is 6.43. The van der Waals surface area contributed by atoms with Gasteiger partial charge in [-0.25, -0.2) is 4.40 Å². The van der Waals surface area contributed by atoms with Crippen molar-refractivity contribution in [2.45, 2.75) is 19.9 Å². The second-order valence-corrected chi connectivity index (χ2v) is 8.97. The van der Waals surface area contributed by atoms with E-state index in [0.29, 0.717) is 13.0 Å². The fourth-order valence-corrected chi connectivity index (χ4v) is 4.53. The Bertz CT molecular complexity index is 1710. The third-order valence-corrected chi connectivity index (χ3v) is 6.43. The van der Waals surface area contributed by atoms with Crippen molar-refractivity contribution in [1.29, 1.82) is 0 Å². The van der Waals surface area contributed by atoms with Gasteiger partial charge in [-0.05, 0) is 47.0 Å².